The average molecular weight is 277 g/mol. The molecule has 0 radical (unpaired) electrons. The van der Waals surface area contributed by atoms with E-state index < -0.39 is 34.3 Å². The molecule has 0 bridgehead atoms. The second-order valence-corrected chi connectivity index (χ2v) is 3.50. The molecule has 0 spiro atoms. The van der Waals surface area contributed by atoms with Gasteiger partial charge in [-0.25, -0.2) is 4.39 Å². The van der Waals surface area contributed by atoms with Gasteiger partial charge in [-0.3, -0.25) is 4.79 Å². The predicted octanol–water partition coefficient (Wildman–Crippen LogP) is 3.86. The highest BCUT2D eigenvalue weighted by Gasteiger charge is 2.63. The molecule has 0 aromatic heterocycles. The van der Waals surface area contributed by atoms with E-state index in [1.54, 1.807) is 0 Å². The quantitative estimate of drug-likeness (QED) is 0.592. The van der Waals surface area contributed by atoms with Gasteiger partial charge in [0.25, 0.3) is 0 Å². The Bertz CT molecular complexity index is 433. The third-order valence-electron chi connectivity index (χ3n) is 1.77. The monoisotopic (exact) mass is 276 g/mol. The van der Waals surface area contributed by atoms with Crippen molar-refractivity contribution in [3.8, 4) is 0 Å². The molecule has 0 saturated carbocycles. The van der Waals surface area contributed by atoms with Gasteiger partial charge in [0, 0.05) is 10.6 Å². The van der Waals surface area contributed by atoms with Crippen molar-refractivity contribution in [2.24, 2.45) is 0 Å². The normalized spacial score (nSPS) is 12.6. The van der Waals surface area contributed by atoms with Crippen LogP contribution < -0.4 is 0 Å². The molecule has 17 heavy (non-hydrogen) atoms. The van der Waals surface area contributed by atoms with Crippen LogP contribution in [0.4, 0.5) is 26.3 Å². The van der Waals surface area contributed by atoms with Crippen molar-refractivity contribution in [1.29, 1.82) is 0 Å². The van der Waals surface area contributed by atoms with Gasteiger partial charge in [-0.05, 0) is 18.2 Å². The van der Waals surface area contributed by atoms with Crippen molar-refractivity contribution in [1.82, 2.24) is 0 Å². The Morgan fingerprint density at radius 1 is 1.06 bits per heavy atom. The predicted molar refractivity (Wildman–Crippen MR) is 46.7 cm³/mol. The summed E-state index contributed by atoms with van der Waals surface area (Å²) in [6.07, 6.45) is -6.04. The van der Waals surface area contributed by atoms with E-state index in [0.717, 1.165) is 0 Å². The zero-order valence-corrected chi connectivity index (χ0v) is 8.54. The van der Waals surface area contributed by atoms with Crippen molar-refractivity contribution in [2.45, 2.75) is 12.1 Å². The maximum absolute atomic E-state index is 12.7. The molecule has 0 fully saturated rings. The Labute approximate surface area is 96.0 Å². The summed E-state index contributed by atoms with van der Waals surface area (Å²) in [7, 11) is 0. The minimum Gasteiger partial charge on any atom is -0.287 e. The van der Waals surface area contributed by atoms with E-state index in [1.165, 1.54) is 0 Å². The fourth-order valence-corrected chi connectivity index (χ4v) is 1.22. The number of carbonyl (C=O) groups is 1. The first-order valence-electron chi connectivity index (χ1n) is 4.01. The molecule has 1 aromatic rings. The van der Waals surface area contributed by atoms with Crippen LogP contribution in [-0.4, -0.2) is 17.9 Å². The van der Waals surface area contributed by atoms with E-state index in [1.807, 2.05) is 0 Å². The lowest BCUT2D eigenvalue weighted by Crippen LogP contribution is -2.44. The summed E-state index contributed by atoms with van der Waals surface area (Å²) in [6.45, 7) is 0. The molecular formula is C9H3ClF6O. The van der Waals surface area contributed by atoms with Gasteiger partial charge in [0.1, 0.15) is 5.82 Å². The second-order valence-electron chi connectivity index (χ2n) is 3.06. The van der Waals surface area contributed by atoms with Crippen molar-refractivity contribution < 1.29 is 31.1 Å². The molecule has 1 nitrogen and oxygen atoms in total. The van der Waals surface area contributed by atoms with E-state index >= 15 is 0 Å². The molecule has 0 N–H and O–H groups in total. The molecule has 0 aliphatic heterocycles. The fraction of sp³-hybridized carbons (Fsp3) is 0.222. The number of Topliss-reactive ketones (excluding diaryl/α,β-unsaturated/α-hetero) is 1. The smallest absolute Gasteiger partial charge is 0.287 e. The van der Waals surface area contributed by atoms with E-state index in [2.05, 4.69) is 0 Å². The van der Waals surface area contributed by atoms with Crippen LogP contribution in [0.2, 0.25) is 5.02 Å². The number of ketones is 1. The first kappa shape index (κ1) is 13.8. The van der Waals surface area contributed by atoms with Crippen LogP contribution in [0.5, 0.6) is 0 Å². The Hall–Kier alpha value is -1.24. The van der Waals surface area contributed by atoms with Crippen LogP contribution in [0, 0.1) is 5.82 Å². The number of benzene rings is 1. The highest BCUT2D eigenvalue weighted by atomic mass is 35.5. The summed E-state index contributed by atoms with van der Waals surface area (Å²) in [5.41, 5.74) is -1.14. The van der Waals surface area contributed by atoms with E-state index in [4.69, 9.17) is 11.6 Å². The van der Waals surface area contributed by atoms with Gasteiger partial charge in [-0.1, -0.05) is 11.6 Å². The lowest BCUT2D eigenvalue weighted by molar-refractivity contribution is -0.255. The molecule has 1 rings (SSSR count). The van der Waals surface area contributed by atoms with Crippen LogP contribution in [0.3, 0.4) is 0 Å². The molecule has 0 saturated heterocycles. The van der Waals surface area contributed by atoms with Crippen LogP contribution in [0.25, 0.3) is 0 Å². The van der Waals surface area contributed by atoms with Crippen LogP contribution in [0.15, 0.2) is 18.2 Å². The second kappa shape index (κ2) is 4.21. The molecule has 0 amide bonds. The molecule has 1 aromatic carbocycles. The highest BCUT2D eigenvalue weighted by Crippen LogP contribution is 2.38. The molecule has 0 unspecified atom stereocenters. The van der Waals surface area contributed by atoms with Crippen molar-refractivity contribution >= 4 is 17.4 Å². The summed E-state index contributed by atoms with van der Waals surface area (Å²) in [5.74, 6) is -9.31. The number of hydrogen-bond donors (Lipinski definition) is 0. The largest absolute Gasteiger partial charge is 0.461 e. The zero-order chi connectivity index (χ0) is 13.4. The van der Waals surface area contributed by atoms with Gasteiger partial charge in [0.05, 0.1) is 0 Å². The fourth-order valence-electron chi connectivity index (χ4n) is 0.995. The summed E-state index contributed by atoms with van der Waals surface area (Å²) in [5, 5.41) is -0.452. The topological polar surface area (TPSA) is 17.1 Å². The lowest BCUT2D eigenvalue weighted by Gasteiger charge is -2.18. The number of rotatable bonds is 2. The molecule has 8 heteroatoms. The van der Waals surface area contributed by atoms with Gasteiger partial charge in [-0.15, -0.1) is 0 Å². The molecule has 0 aliphatic carbocycles. The first-order valence-corrected chi connectivity index (χ1v) is 4.39. The SMILES string of the molecule is O=C(c1cc(F)cc(Cl)c1)C(F)(F)C(F)(F)F. The number of hydrogen-bond acceptors (Lipinski definition) is 1. The number of carbonyl (C=O) groups excluding carboxylic acids is 1. The lowest BCUT2D eigenvalue weighted by atomic mass is 10.1. The van der Waals surface area contributed by atoms with Gasteiger partial charge in [-0.2, -0.15) is 22.0 Å². The average Bonchev–Trinajstić information content (AvgIpc) is 2.13. The Morgan fingerprint density at radius 2 is 1.59 bits per heavy atom. The third kappa shape index (κ3) is 2.71. The van der Waals surface area contributed by atoms with Crippen LogP contribution >= 0.6 is 11.6 Å². The van der Waals surface area contributed by atoms with Gasteiger partial charge < -0.3 is 0 Å². The van der Waals surface area contributed by atoms with E-state index in [0.29, 0.717) is 12.1 Å². The standard InChI is InChI=1S/C9H3ClF6O/c10-5-1-4(2-6(11)3-5)7(17)8(12,13)9(14,15)16/h1-3H. The third-order valence-corrected chi connectivity index (χ3v) is 1.98. The molecular weight excluding hydrogens is 274 g/mol. The van der Waals surface area contributed by atoms with E-state index in [-0.39, 0.29) is 6.07 Å². The molecule has 0 heterocycles. The zero-order valence-electron chi connectivity index (χ0n) is 7.79. The minimum absolute atomic E-state index is 0.258. The van der Waals surface area contributed by atoms with Crippen molar-refractivity contribution in [3.05, 3.63) is 34.6 Å². The Balaban J connectivity index is 3.21. The maximum atomic E-state index is 12.7. The first-order chi connectivity index (χ1) is 7.55. The maximum Gasteiger partial charge on any atom is 0.461 e. The van der Waals surface area contributed by atoms with Crippen LogP contribution in [-0.2, 0) is 0 Å². The van der Waals surface area contributed by atoms with Gasteiger partial charge in [0.2, 0.25) is 5.78 Å². The number of halogens is 7. The van der Waals surface area contributed by atoms with Crippen LogP contribution in [0.1, 0.15) is 10.4 Å². The Morgan fingerprint density at radius 3 is 2.00 bits per heavy atom. The summed E-state index contributed by atoms with van der Waals surface area (Å²) < 4.78 is 73.6. The molecule has 0 aliphatic rings. The minimum atomic E-state index is -6.04. The highest BCUT2D eigenvalue weighted by molar-refractivity contribution is 6.31. The summed E-state index contributed by atoms with van der Waals surface area (Å²) >= 11 is 5.24. The van der Waals surface area contributed by atoms with Crippen molar-refractivity contribution in [3.63, 3.8) is 0 Å². The summed E-state index contributed by atoms with van der Waals surface area (Å²) in [6, 6.07) is 1.46. The van der Waals surface area contributed by atoms with Crippen molar-refractivity contribution in [2.75, 3.05) is 0 Å². The summed E-state index contributed by atoms with van der Waals surface area (Å²) in [4.78, 5) is 10.9. The van der Waals surface area contributed by atoms with E-state index in [9.17, 15) is 31.1 Å². The number of alkyl halides is 5. The van der Waals surface area contributed by atoms with Gasteiger partial charge >= 0.3 is 12.1 Å². The Kier molecular flexibility index (Phi) is 3.42. The van der Waals surface area contributed by atoms with Gasteiger partial charge in [0.15, 0.2) is 0 Å². The molecule has 0 atom stereocenters. The molecule has 94 valence electrons.